The predicted molar refractivity (Wildman–Crippen MR) is 135 cm³/mol. The van der Waals surface area contributed by atoms with Gasteiger partial charge in [0.25, 0.3) is 5.91 Å². The molecular formula is C28H33N3O4. The minimum atomic E-state index is -1.04. The molecule has 2 heterocycles. The standard InChI is InChI=1S/C28H33N3O4/c1-4-35-22-12-9-19(10-13-22)17-31-26(32)25-15-20-11-14-23(34-3)16-24(20)30(25)18-28(31,2)27(33)29-21-7-5-6-8-21/h9-16,21H,4-8,17-18H2,1-3H3,(H,29,33)/t28-/m0/s1. The number of aromatic nitrogens is 1. The van der Waals surface area contributed by atoms with E-state index in [1.807, 2.05) is 66.9 Å². The number of amides is 2. The van der Waals surface area contributed by atoms with Crippen LogP contribution < -0.4 is 14.8 Å². The van der Waals surface area contributed by atoms with Crippen molar-refractivity contribution in [2.24, 2.45) is 0 Å². The van der Waals surface area contributed by atoms with E-state index in [9.17, 15) is 9.59 Å². The van der Waals surface area contributed by atoms with Gasteiger partial charge in [0.2, 0.25) is 5.91 Å². The third-order valence-corrected chi connectivity index (χ3v) is 7.39. The number of hydrogen-bond donors (Lipinski definition) is 1. The van der Waals surface area contributed by atoms with Crippen LogP contribution in [0.4, 0.5) is 0 Å². The van der Waals surface area contributed by atoms with E-state index in [2.05, 4.69) is 5.32 Å². The van der Waals surface area contributed by atoms with E-state index in [-0.39, 0.29) is 17.9 Å². The van der Waals surface area contributed by atoms with Crippen molar-refractivity contribution in [3.63, 3.8) is 0 Å². The van der Waals surface area contributed by atoms with Gasteiger partial charge in [0.1, 0.15) is 22.7 Å². The molecule has 7 heteroatoms. The van der Waals surface area contributed by atoms with E-state index in [0.29, 0.717) is 25.4 Å². The van der Waals surface area contributed by atoms with Crippen LogP contribution in [-0.4, -0.2) is 46.6 Å². The fourth-order valence-electron chi connectivity index (χ4n) is 5.36. The molecular weight excluding hydrogens is 442 g/mol. The van der Waals surface area contributed by atoms with Crippen molar-refractivity contribution in [1.82, 2.24) is 14.8 Å². The van der Waals surface area contributed by atoms with Crippen LogP contribution in [-0.2, 0) is 17.9 Å². The summed E-state index contributed by atoms with van der Waals surface area (Å²) in [7, 11) is 1.63. The van der Waals surface area contributed by atoms with Crippen LogP contribution in [0.3, 0.4) is 0 Å². The van der Waals surface area contributed by atoms with Crippen molar-refractivity contribution in [1.29, 1.82) is 0 Å². The molecule has 2 amide bonds. The molecule has 1 aliphatic carbocycles. The van der Waals surface area contributed by atoms with E-state index in [4.69, 9.17) is 9.47 Å². The third-order valence-electron chi connectivity index (χ3n) is 7.39. The fourth-order valence-corrected chi connectivity index (χ4v) is 5.36. The Morgan fingerprint density at radius 2 is 1.80 bits per heavy atom. The van der Waals surface area contributed by atoms with Crippen molar-refractivity contribution in [3.05, 3.63) is 59.8 Å². The molecule has 0 radical (unpaired) electrons. The summed E-state index contributed by atoms with van der Waals surface area (Å²) in [5.74, 6) is 1.26. The van der Waals surface area contributed by atoms with Gasteiger partial charge in [0.05, 0.1) is 25.8 Å². The molecule has 1 fully saturated rings. The summed E-state index contributed by atoms with van der Waals surface area (Å²) < 4.78 is 13.0. The van der Waals surface area contributed by atoms with Crippen molar-refractivity contribution in [3.8, 4) is 11.5 Å². The second-order valence-corrected chi connectivity index (χ2v) is 9.74. The Hall–Kier alpha value is -3.48. The smallest absolute Gasteiger partial charge is 0.271 e. The molecule has 2 aromatic carbocycles. The van der Waals surface area contributed by atoms with Gasteiger partial charge in [0, 0.05) is 24.0 Å². The lowest BCUT2D eigenvalue weighted by atomic mass is 9.93. The zero-order chi connectivity index (χ0) is 24.6. The number of rotatable bonds is 7. The molecule has 1 N–H and O–H groups in total. The highest BCUT2D eigenvalue weighted by Gasteiger charge is 2.48. The minimum Gasteiger partial charge on any atom is -0.497 e. The summed E-state index contributed by atoms with van der Waals surface area (Å²) in [6.07, 6.45) is 4.23. The number of carbonyl (C=O) groups excluding carboxylic acids is 2. The quantitative estimate of drug-likeness (QED) is 0.545. The first-order chi connectivity index (χ1) is 16.9. The van der Waals surface area contributed by atoms with E-state index >= 15 is 0 Å². The lowest BCUT2D eigenvalue weighted by Gasteiger charge is -2.44. The van der Waals surface area contributed by atoms with Crippen LogP contribution in [0, 0.1) is 0 Å². The number of hydrogen-bond acceptors (Lipinski definition) is 4. The molecule has 1 aliphatic heterocycles. The van der Waals surface area contributed by atoms with Crippen LogP contribution in [0.1, 0.15) is 55.6 Å². The Kier molecular flexibility index (Phi) is 6.17. The van der Waals surface area contributed by atoms with Crippen molar-refractivity contribution < 1.29 is 19.1 Å². The first-order valence-corrected chi connectivity index (χ1v) is 12.4. The Morgan fingerprint density at radius 1 is 1.09 bits per heavy atom. The van der Waals surface area contributed by atoms with Crippen LogP contribution in [0.25, 0.3) is 10.9 Å². The summed E-state index contributed by atoms with van der Waals surface area (Å²) in [6.45, 7) is 5.14. The normalized spacial score (nSPS) is 20.2. The number of ether oxygens (including phenoxy) is 2. The third kappa shape index (κ3) is 4.24. The van der Waals surface area contributed by atoms with Crippen LogP contribution in [0.5, 0.6) is 11.5 Å². The maximum absolute atomic E-state index is 13.9. The van der Waals surface area contributed by atoms with Gasteiger partial charge in [-0.2, -0.15) is 0 Å². The number of carbonyl (C=O) groups is 2. The number of benzene rings is 2. The molecule has 3 aromatic rings. The summed E-state index contributed by atoms with van der Waals surface area (Å²) in [6, 6.07) is 15.6. The average molecular weight is 476 g/mol. The molecule has 0 bridgehead atoms. The lowest BCUT2D eigenvalue weighted by molar-refractivity contribution is -0.133. The van der Waals surface area contributed by atoms with E-state index in [1.165, 1.54) is 0 Å². The van der Waals surface area contributed by atoms with Crippen LogP contribution >= 0.6 is 0 Å². The van der Waals surface area contributed by atoms with Gasteiger partial charge in [-0.25, -0.2) is 0 Å². The number of fused-ring (bicyclic) bond motifs is 3. The van der Waals surface area contributed by atoms with E-state index in [0.717, 1.165) is 53.6 Å². The predicted octanol–water partition coefficient (Wildman–Crippen LogP) is 4.52. The van der Waals surface area contributed by atoms with Crippen LogP contribution in [0.2, 0.25) is 0 Å². The summed E-state index contributed by atoms with van der Waals surface area (Å²) in [4.78, 5) is 29.5. The first-order valence-electron chi connectivity index (χ1n) is 12.4. The number of methoxy groups -OCH3 is 1. The van der Waals surface area contributed by atoms with Crippen LogP contribution in [0.15, 0.2) is 48.5 Å². The number of nitrogens with one attached hydrogen (secondary N) is 1. The molecule has 35 heavy (non-hydrogen) atoms. The molecule has 1 atom stereocenters. The maximum atomic E-state index is 13.9. The van der Waals surface area contributed by atoms with Crippen molar-refractivity contribution in [2.45, 2.75) is 64.2 Å². The molecule has 0 saturated heterocycles. The highest BCUT2D eigenvalue weighted by Crippen LogP contribution is 2.35. The Labute approximate surface area is 206 Å². The highest BCUT2D eigenvalue weighted by molar-refractivity contribution is 6.03. The molecule has 0 spiro atoms. The van der Waals surface area contributed by atoms with Gasteiger partial charge in [-0.1, -0.05) is 25.0 Å². The van der Waals surface area contributed by atoms with E-state index < -0.39 is 5.54 Å². The largest absolute Gasteiger partial charge is 0.497 e. The molecule has 1 saturated carbocycles. The molecule has 1 aromatic heterocycles. The molecule has 7 nitrogen and oxygen atoms in total. The number of nitrogens with zero attached hydrogens (tertiary/aromatic N) is 2. The fraction of sp³-hybridized carbons (Fsp3) is 0.429. The minimum absolute atomic E-state index is 0.0981. The summed E-state index contributed by atoms with van der Waals surface area (Å²) >= 11 is 0. The zero-order valence-corrected chi connectivity index (χ0v) is 20.7. The molecule has 0 unspecified atom stereocenters. The average Bonchev–Trinajstić information content (AvgIpc) is 3.50. The molecule has 184 valence electrons. The van der Waals surface area contributed by atoms with Crippen molar-refractivity contribution in [2.75, 3.05) is 13.7 Å². The monoisotopic (exact) mass is 475 g/mol. The molecule has 2 aliphatic rings. The Bertz CT molecular complexity index is 1240. The Balaban J connectivity index is 1.54. The van der Waals surface area contributed by atoms with Crippen molar-refractivity contribution >= 4 is 22.7 Å². The first kappa shape index (κ1) is 23.3. The summed E-state index contributed by atoms with van der Waals surface area (Å²) in [5, 5.41) is 4.21. The summed E-state index contributed by atoms with van der Waals surface area (Å²) in [5.41, 5.74) is 1.40. The van der Waals surface area contributed by atoms with Gasteiger partial charge in [-0.15, -0.1) is 0 Å². The van der Waals surface area contributed by atoms with Gasteiger partial charge >= 0.3 is 0 Å². The Morgan fingerprint density at radius 3 is 2.49 bits per heavy atom. The second kappa shape index (κ2) is 9.29. The highest BCUT2D eigenvalue weighted by atomic mass is 16.5. The maximum Gasteiger partial charge on any atom is 0.271 e. The van der Waals surface area contributed by atoms with Gasteiger partial charge in [-0.3, -0.25) is 9.59 Å². The molecule has 5 rings (SSSR count). The lowest BCUT2D eigenvalue weighted by Crippen LogP contribution is -2.64. The SMILES string of the molecule is CCOc1ccc(CN2C(=O)c3cc4ccc(OC)cc4n3C[C@@]2(C)C(=O)NC2CCCC2)cc1. The van der Waals surface area contributed by atoms with E-state index in [1.54, 1.807) is 12.0 Å². The second-order valence-electron chi connectivity index (χ2n) is 9.74. The topological polar surface area (TPSA) is 72.8 Å². The van der Waals surface area contributed by atoms with Gasteiger partial charge in [0.15, 0.2) is 0 Å². The van der Waals surface area contributed by atoms with Gasteiger partial charge in [-0.05, 0) is 62.6 Å². The zero-order valence-electron chi connectivity index (χ0n) is 20.7. The van der Waals surface area contributed by atoms with Gasteiger partial charge < -0.3 is 24.3 Å².